The minimum atomic E-state index is -0.206. The number of aromatic nitrogens is 2. The van der Waals surface area contributed by atoms with E-state index in [4.69, 9.17) is 15.6 Å². The molecule has 1 aromatic heterocycles. The molecule has 1 unspecified atom stereocenters. The maximum atomic E-state index is 11.7. The molecular weight excluding hydrogens is 364 g/mol. The molecule has 0 aliphatic carbocycles. The number of carbonyl (C=O) groups is 1. The average Bonchev–Trinajstić information content (AvgIpc) is 3.18. The number of carbonyl (C=O) groups excluding carboxylic acids is 1. The van der Waals surface area contributed by atoms with E-state index in [1.807, 2.05) is 59.3 Å². The van der Waals surface area contributed by atoms with Crippen LogP contribution in [0.4, 0.5) is 0 Å². The number of likely N-dealkylation sites (tertiary alicyclic amines) is 1. The lowest BCUT2D eigenvalue weighted by molar-refractivity contribution is -0.123. The van der Waals surface area contributed by atoms with Crippen molar-refractivity contribution < 1.29 is 9.53 Å². The summed E-state index contributed by atoms with van der Waals surface area (Å²) in [6.07, 6.45) is 3.94. The van der Waals surface area contributed by atoms with Crippen LogP contribution < -0.4 is 10.5 Å². The summed E-state index contributed by atoms with van der Waals surface area (Å²) in [5.74, 6) is 0.519. The molecule has 0 radical (unpaired) electrons. The molecule has 3 aromatic rings. The Hall–Kier alpha value is -3.12. The van der Waals surface area contributed by atoms with Gasteiger partial charge in [-0.15, -0.1) is 0 Å². The van der Waals surface area contributed by atoms with Crippen LogP contribution >= 0.6 is 0 Å². The largest absolute Gasteiger partial charge is 0.497 e. The number of piperidine rings is 1. The van der Waals surface area contributed by atoms with E-state index in [0.717, 1.165) is 54.2 Å². The molecule has 0 saturated carbocycles. The number of amides is 1. The Balaban J connectivity index is 1.69. The van der Waals surface area contributed by atoms with E-state index in [1.54, 1.807) is 7.11 Å². The standard InChI is InChI=1S/C23H26N4O2/c1-29-21-11-5-7-17(13-21)22-19(15-26-12-6-8-18(14-26)23(24)28)16-27(25-22)20-9-3-2-4-10-20/h2-5,7,9-11,13,16,18H,6,8,12,14-15H2,1H3,(H2,24,28). The van der Waals surface area contributed by atoms with E-state index < -0.39 is 0 Å². The van der Waals surface area contributed by atoms with Gasteiger partial charge < -0.3 is 10.5 Å². The average molecular weight is 390 g/mol. The Morgan fingerprint density at radius 2 is 2.03 bits per heavy atom. The third-order valence-electron chi connectivity index (χ3n) is 5.46. The highest BCUT2D eigenvalue weighted by atomic mass is 16.5. The van der Waals surface area contributed by atoms with Gasteiger partial charge in [-0.05, 0) is 43.7 Å². The highest BCUT2D eigenvalue weighted by Gasteiger charge is 2.25. The van der Waals surface area contributed by atoms with Crippen LogP contribution in [0, 0.1) is 5.92 Å². The molecule has 1 aliphatic rings. The number of rotatable bonds is 6. The zero-order valence-corrected chi connectivity index (χ0v) is 16.6. The third kappa shape index (κ3) is 4.32. The van der Waals surface area contributed by atoms with Gasteiger partial charge in [-0.3, -0.25) is 9.69 Å². The fourth-order valence-corrected chi connectivity index (χ4v) is 3.92. The van der Waals surface area contributed by atoms with E-state index in [0.29, 0.717) is 6.54 Å². The molecule has 6 heteroatoms. The minimum Gasteiger partial charge on any atom is -0.497 e. The van der Waals surface area contributed by atoms with E-state index in [9.17, 15) is 4.79 Å². The van der Waals surface area contributed by atoms with Crippen molar-refractivity contribution in [3.05, 3.63) is 66.4 Å². The molecule has 29 heavy (non-hydrogen) atoms. The van der Waals surface area contributed by atoms with Gasteiger partial charge in [0.15, 0.2) is 0 Å². The molecule has 2 aromatic carbocycles. The number of methoxy groups -OCH3 is 1. The first-order chi connectivity index (χ1) is 14.1. The summed E-state index contributed by atoms with van der Waals surface area (Å²) in [5.41, 5.74) is 9.62. The number of nitrogens with two attached hydrogens (primary N) is 1. The van der Waals surface area contributed by atoms with Crippen molar-refractivity contribution in [1.29, 1.82) is 0 Å². The summed E-state index contributed by atoms with van der Waals surface area (Å²) in [6.45, 7) is 2.38. The lowest BCUT2D eigenvalue weighted by Gasteiger charge is -2.31. The van der Waals surface area contributed by atoms with Gasteiger partial charge in [-0.1, -0.05) is 30.3 Å². The van der Waals surface area contributed by atoms with Crippen molar-refractivity contribution in [2.75, 3.05) is 20.2 Å². The van der Waals surface area contributed by atoms with Crippen LogP contribution in [0.1, 0.15) is 18.4 Å². The maximum absolute atomic E-state index is 11.7. The number of ether oxygens (including phenoxy) is 1. The van der Waals surface area contributed by atoms with E-state index >= 15 is 0 Å². The van der Waals surface area contributed by atoms with Gasteiger partial charge in [0.1, 0.15) is 5.75 Å². The molecular formula is C23H26N4O2. The summed E-state index contributed by atoms with van der Waals surface area (Å²) in [6, 6.07) is 18.0. The summed E-state index contributed by atoms with van der Waals surface area (Å²) >= 11 is 0. The topological polar surface area (TPSA) is 73.4 Å². The van der Waals surface area contributed by atoms with E-state index in [2.05, 4.69) is 11.1 Å². The number of primary amides is 1. The summed E-state index contributed by atoms with van der Waals surface area (Å²) in [7, 11) is 1.67. The monoisotopic (exact) mass is 390 g/mol. The quantitative estimate of drug-likeness (QED) is 0.701. The van der Waals surface area contributed by atoms with Crippen molar-refractivity contribution in [2.45, 2.75) is 19.4 Å². The first-order valence-corrected chi connectivity index (χ1v) is 9.94. The zero-order chi connectivity index (χ0) is 20.2. The normalized spacial score (nSPS) is 17.2. The van der Waals surface area contributed by atoms with Gasteiger partial charge >= 0.3 is 0 Å². The van der Waals surface area contributed by atoms with Crippen LogP contribution in [0.3, 0.4) is 0 Å². The Kier molecular flexibility index (Phi) is 5.62. The fourth-order valence-electron chi connectivity index (χ4n) is 3.92. The Labute approximate surface area is 170 Å². The second-order valence-electron chi connectivity index (χ2n) is 7.49. The van der Waals surface area contributed by atoms with E-state index in [1.165, 1.54) is 0 Å². The number of para-hydroxylation sites is 1. The second-order valence-corrected chi connectivity index (χ2v) is 7.49. The van der Waals surface area contributed by atoms with Crippen LogP contribution in [-0.2, 0) is 11.3 Å². The molecule has 0 bridgehead atoms. The highest BCUT2D eigenvalue weighted by Crippen LogP contribution is 2.29. The summed E-state index contributed by atoms with van der Waals surface area (Å²) in [4.78, 5) is 14.0. The number of hydrogen-bond acceptors (Lipinski definition) is 4. The molecule has 6 nitrogen and oxygen atoms in total. The molecule has 1 amide bonds. The number of benzene rings is 2. The molecule has 1 atom stereocenters. The molecule has 2 heterocycles. The van der Waals surface area contributed by atoms with Crippen LogP contribution in [0.15, 0.2) is 60.8 Å². The van der Waals surface area contributed by atoms with Gasteiger partial charge in [0.2, 0.25) is 5.91 Å². The van der Waals surface area contributed by atoms with Crippen molar-refractivity contribution in [2.24, 2.45) is 11.7 Å². The van der Waals surface area contributed by atoms with Gasteiger partial charge in [0, 0.05) is 30.4 Å². The molecule has 4 rings (SSSR count). The smallest absolute Gasteiger partial charge is 0.221 e. The van der Waals surface area contributed by atoms with Gasteiger partial charge in [-0.25, -0.2) is 4.68 Å². The maximum Gasteiger partial charge on any atom is 0.221 e. The van der Waals surface area contributed by atoms with Crippen molar-refractivity contribution in [3.63, 3.8) is 0 Å². The van der Waals surface area contributed by atoms with Crippen LogP contribution in [0.25, 0.3) is 16.9 Å². The first-order valence-electron chi connectivity index (χ1n) is 9.94. The van der Waals surface area contributed by atoms with E-state index in [-0.39, 0.29) is 11.8 Å². The SMILES string of the molecule is COc1cccc(-c2nn(-c3ccccc3)cc2CN2CCCC(C(N)=O)C2)c1. The third-order valence-corrected chi connectivity index (χ3v) is 5.46. The second kappa shape index (κ2) is 8.49. The minimum absolute atomic E-state index is 0.0758. The molecule has 1 saturated heterocycles. The molecule has 1 aliphatic heterocycles. The Bertz CT molecular complexity index is 984. The number of nitrogens with zero attached hydrogens (tertiary/aromatic N) is 3. The first kappa shape index (κ1) is 19.2. The van der Waals surface area contributed by atoms with Gasteiger partial charge in [0.25, 0.3) is 0 Å². The Morgan fingerprint density at radius 1 is 1.21 bits per heavy atom. The van der Waals surface area contributed by atoms with Crippen LogP contribution in [0.2, 0.25) is 0 Å². The van der Waals surface area contributed by atoms with Gasteiger partial charge in [0.05, 0.1) is 24.4 Å². The molecule has 2 N–H and O–H groups in total. The fraction of sp³-hybridized carbons (Fsp3) is 0.304. The van der Waals surface area contributed by atoms with Crippen LogP contribution in [0.5, 0.6) is 5.75 Å². The highest BCUT2D eigenvalue weighted by molar-refractivity contribution is 5.77. The molecule has 150 valence electrons. The zero-order valence-electron chi connectivity index (χ0n) is 16.6. The molecule has 0 spiro atoms. The van der Waals surface area contributed by atoms with Crippen molar-refractivity contribution in [3.8, 4) is 22.7 Å². The van der Waals surface area contributed by atoms with Gasteiger partial charge in [-0.2, -0.15) is 5.10 Å². The summed E-state index contributed by atoms with van der Waals surface area (Å²) in [5, 5.41) is 4.89. The summed E-state index contributed by atoms with van der Waals surface area (Å²) < 4.78 is 7.32. The Morgan fingerprint density at radius 3 is 2.79 bits per heavy atom. The van der Waals surface area contributed by atoms with Crippen LogP contribution in [-0.4, -0.2) is 40.8 Å². The lowest BCUT2D eigenvalue weighted by Crippen LogP contribution is -2.40. The van der Waals surface area contributed by atoms with Crippen molar-refractivity contribution >= 4 is 5.91 Å². The number of hydrogen-bond donors (Lipinski definition) is 1. The predicted octanol–water partition coefficient (Wildman–Crippen LogP) is 3.25. The lowest BCUT2D eigenvalue weighted by atomic mass is 9.97. The van der Waals surface area contributed by atoms with Crippen molar-refractivity contribution in [1.82, 2.24) is 14.7 Å². The predicted molar refractivity (Wildman–Crippen MR) is 113 cm³/mol. The molecule has 1 fully saturated rings.